The van der Waals surface area contributed by atoms with Gasteiger partial charge in [0.1, 0.15) is 6.61 Å². The number of hydrogen-bond donors (Lipinski definition) is 1. The molecule has 0 spiro atoms. The summed E-state index contributed by atoms with van der Waals surface area (Å²) >= 11 is 0. The van der Waals surface area contributed by atoms with Crippen LogP contribution in [0.25, 0.3) is 0 Å². The lowest BCUT2D eigenvalue weighted by molar-refractivity contribution is -0.162. The lowest BCUT2D eigenvalue weighted by Gasteiger charge is -2.25. The Morgan fingerprint density at radius 2 is 1.80 bits per heavy atom. The molecule has 6 heteroatoms. The van der Waals surface area contributed by atoms with E-state index in [0.29, 0.717) is 17.2 Å². The van der Waals surface area contributed by atoms with Crippen molar-refractivity contribution in [1.29, 1.82) is 0 Å². The van der Waals surface area contributed by atoms with Gasteiger partial charge >= 0.3 is 5.97 Å². The molecule has 130 valence electrons. The fourth-order valence-corrected chi connectivity index (χ4v) is 2.32. The molecule has 2 aromatic rings. The van der Waals surface area contributed by atoms with E-state index in [2.05, 4.69) is 5.32 Å². The predicted octanol–water partition coefficient (Wildman–Crippen LogP) is 2.71. The molecule has 0 saturated heterocycles. The predicted molar refractivity (Wildman–Crippen MR) is 91.7 cm³/mol. The normalized spacial score (nSPS) is 16.6. The second kappa shape index (κ2) is 7.25. The molecule has 1 aliphatic heterocycles. The highest BCUT2D eigenvalue weighted by molar-refractivity contribution is 5.95. The van der Waals surface area contributed by atoms with Crippen LogP contribution in [-0.4, -0.2) is 30.7 Å². The molecule has 2 unspecified atom stereocenters. The van der Waals surface area contributed by atoms with E-state index in [1.807, 2.05) is 25.1 Å². The molecule has 0 bridgehead atoms. The lowest BCUT2D eigenvalue weighted by atomic mass is 10.2. The number of anilines is 1. The molecule has 2 atom stereocenters. The molecule has 6 nitrogen and oxygen atoms in total. The summed E-state index contributed by atoms with van der Waals surface area (Å²) in [6, 6.07) is 14.4. The van der Waals surface area contributed by atoms with Crippen molar-refractivity contribution in [2.24, 2.45) is 0 Å². The lowest BCUT2D eigenvalue weighted by Crippen LogP contribution is -2.41. The van der Waals surface area contributed by atoms with Crippen molar-refractivity contribution >= 4 is 17.6 Å². The number of carbonyl (C=O) groups excluding carboxylic acids is 2. The number of benzene rings is 2. The van der Waals surface area contributed by atoms with Gasteiger partial charge in [0.05, 0.1) is 0 Å². The van der Waals surface area contributed by atoms with Crippen LogP contribution in [0.3, 0.4) is 0 Å². The number of para-hydroxylation sites is 2. The quantitative estimate of drug-likeness (QED) is 0.866. The number of ether oxygens (including phenoxy) is 3. The first-order valence-corrected chi connectivity index (χ1v) is 7.99. The van der Waals surface area contributed by atoms with E-state index in [4.69, 9.17) is 14.2 Å². The topological polar surface area (TPSA) is 73.9 Å². The molecule has 25 heavy (non-hydrogen) atoms. The number of rotatable bonds is 4. The number of aryl methyl sites for hydroxylation is 1. The Hall–Kier alpha value is -3.02. The summed E-state index contributed by atoms with van der Waals surface area (Å²) in [6.07, 6.45) is -1.85. The summed E-state index contributed by atoms with van der Waals surface area (Å²) in [4.78, 5) is 24.4. The highest BCUT2D eigenvalue weighted by Gasteiger charge is 2.31. The van der Waals surface area contributed by atoms with Crippen LogP contribution in [0.15, 0.2) is 48.5 Å². The van der Waals surface area contributed by atoms with Crippen molar-refractivity contribution in [3.63, 3.8) is 0 Å². The third-order valence-electron chi connectivity index (χ3n) is 3.75. The Labute approximate surface area is 145 Å². The van der Waals surface area contributed by atoms with Gasteiger partial charge in [-0.3, -0.25) is 4.79 Å². The molecule has 2 aromatic carbocycles. The van der Waals surface area contributed by atoms with Gasteiger partial charge in [-0.1, -0.05) is 29.8 Å². The fraction of sp³-hybridized carbons (Fsp3) is 0.263. The Balaban J connectivity index is 1.55. The van der Waals surface area contributed by atoms with E-state index in [9.17, 15) is 9.59 Å². The van der Waals surface area contributed by atoms with E-state index in [0.717, 1.165) is 5.56 Å². The number of fused-ring (bicyclic) bond motifs is 1. The minimum Gasteiger partial charge on any atom is -0.485 e. The third-order valence-corrected chi connectivity index (χ3v) is 3.75. The van der Waals surface area contributed by atoms with Gasteiger partial charge in [0, 0.05) is 5.69 Å². The van der Waals surface area contributed by atoms with Crippen molar-refractivity contribution in [2.75, 3.05) is 11.9 Å². The van der Waals surface area contributed by atoms with Crippen LogP contribution in [0, 0.1) is 6.92 Å². The SMILES string of the molecule is Cc1ccc(NC(=O)C(C)OC(=O)C2COc3ccccc3O2)cc1. The summed E-state index contributed by atoms with van der Waals surface area (Å²) < 4.78 is 16.3. The standard InChI is InChI=1S/C19H19NO5/c1-12-7-9-14(10-8-12)20-18(21)13(2)24-19(22)17-11-23-15-5-3-4-6-16(15)25-17/h3-10,13,17H,11H2,1-2H3,(H,20,21). The van der Waals surface area contributed by atoms with Crippen LogP contribution in [-0.2, 0) is 14.3 Å². The number of amides is 1. The van der Waals surface area contributed by atoms with Crippen LogP contribution < -0.4 is 14.8 Å². The van der Waals surface area contributed by atoms with Crippen LogP contribution in [0.1, 0.15) is 12.5 Å². The molecule has 0 saturated carbocycles. The van der Waals surface area contributed by atoms with Gasteiger partial charge in [0.2, 0.25) is 6.10 Å². The van der Waals surface area contributed by atoms with Gasteiger partial charge in [0.15, 0.2) is 17.6 Å². The maximum Gasteiger partial charge on any atom is 0.351 e. The largest absolute Gasteiger partial charge is 0.485 e. The Morgan fingerprint density at radius 3 is 2.52 bits per heavy atom. The van der Waals surface area contributed by atoms with E-state index in [1.165, 1.54) is 6.92 Å². The molecule has 1 N–H and O–H groups in total. The van der Waals surface area contributed by atoms with Crippen molar-refractivity contribution in [3.8, 4) is 11.5 Å². The summed E-state index contributed by atoms with van der Waals surface area (Å²) in [5.41, 5.74) is 1.73. The molecular weight excluding hydrogens is 322 g/mol. The third kappa shape index (κ3) is 4.09. The molecule has 1 heterocycles. The number of esters is 1. The average molecular weight is 341 g/mol. The summed E-state index contributed by atoms with van der Waals surface area (Å²) in [7, 11) is 0. The van der Waals surface area contributed by atoms with E-state index in [1.54, 1.807) is 30.3 Å². The molecule has 1 aliphatic rings. The van der Waals surface area contributed by atoms with Gasteiger partial charge in [-0.15, -0.1) is 0 Å². The summed E-state index contributed by atoms with van der Waals surface area (Å²) in [6.45, 7) is 3.52. The zero-order valence-corrected chi connectivity index (χ0v) is 14.0. The Morgan fingerprint density at radius 1 is 1.12 bits per heavy atom. The molecule has 0 radical (unpaired) electrons. The smallest absolute Gasteiger partial charge is 0.351 e. The first kappa shape index (κ1) is 16.8. The van der Waals surface area contributed by atoms with Crippen LogP contribution >= 0.6 is 0 Å². The van der Waals surface area contributed by atoms with E-state index >= 15 is 0 Å². The second-order valence-electron chi connectivity index (χ2n) is 5.80. The zero-order valence-electron chi connectivity index (χ0n) is 14.0. The van der Waals surface area contributed by atoms with Crippen LogP contribution in [0.4, 0.5) is 5.69 Å². The zero-order chi connectivity index (χ0) is 17.8. The van der Waals surface area contributed by atoms with Crippen LogP contribution in [0.5, 0.6) is 11.5 Å². The monoisotopic (exact) mass is 341 g/mol. The second-order valence-corrected chi connectivity index (χ2v) is 5.80. The molecule has 0 aromatic heterocycles. The average Bonchev–Trinajstić information content (AvgIpc) is 2.63. The van der Waals surface area contributed by atoms with Gasteiger partial charge in [-0.2, -0.15) is 0 Å². The maximum atomic E-state index is 12.2. The van der Waals surface area contributed by atoms with E-state index in [-0.39, 0.29) is 6.61 Å². The fourth-order valence-electron chi connectivity index (χ4n) is 2.32. The molecule has 1 amide bonds. The highest BCUT2D eigenvalue weighted by Crippen LogP contribution is 2.31. The summed E-state index contributed by atoms with van der Waals surface area (Å²) in [5, 5.41) is 2.70. The highest BCUT2D eigenvalue weighted by atomic mass is 16.6. The number of nitrogens with one attached hydrogen (secondary N) is 1. The minimum atomic E-state index is -0.949. The van der Waals surface area contributed by atoms with Crippen molar-refractivity contribution < 1.29 is 23.8 Å². The van der Waals surface area contributed by atoms with Crippen LogP contribution in [0.2, 0.25) is 0 Å². The van der Waals surface area contributed by atoms with Crippen molar-refractivity contribution in [1.82, 2.24) is 0 Å². The summed E-state index contributed by atoms with van der Waals surface area (Å²) in [5.74, 6) is 0.0135. The number of hydrogen-bond acceptors (Lipinski definition) is 5. The first-order valence-electron chi connectivity index (χ1n) is 7.99. The van der Waals surface area contributed by atoms with Gasteiger partial charge in [0.25, 0.3) is 5.91 Å². The molecular formula is C19H19NO5. The Kier molecular flexibility index (Phi) is 4.88. The first-order chi connectivity index (χ1) is 12.0. The molecule has 3 rings (SSSR count). The van der Waals surface area contributed by atoms with E-state index < -0.39 is 24.1 Å². The van der Waals surface area contributed by atoms with Crippen molar-refractivity contribution in [3.05, 3.63) is 54.1 Å². The minimum absolute atomic E-state index is 0.0438. The van der Waals surface area contributed by atoms with Gasteiger partial charge in [-0.25, -0.2) is 4.79 Å². The van der Waals surface area contributed by atoms with Crippen molar-refractivity contribution in [2.45, 2.75) is 26.1 Å². The number of carbonyl (C=O) groups is 2. The molecule has 0 aliphatic carbocycles. The Bertz CT molecular complexity index is 772. The van der Waals surface area contributed by atoms with Gasteiger partial charge in [-0.05, 0) is 38.1 Å². The molecule has 0 fully saturated rings. The van der Waals surface area contributed by atoms with Gasteiger partial charge < -0.3 is 19.5 Å². The maximum absolute atomic E-state index is 12.2.